The van der Waals surface area contributed by atoms with Crippen LogP contribution in [0.1, 0.15) is 131 Å². The lowest BCUT2D eigenvalue weighted by atomic mass is 9.75. The van der Waals surface area contributed by atoms with Crippen LogP contribution in [0.15, 0.2) is 36.4 Å². The molecule has 0 atom stereocenters. The molecule has 0 saturated heterocycles. The number of unbranched alkanes of at least 4 members (excludes halogenated alkanes) is 1. The van der Waals surface area contributed by atoms with Crippen molar-refractivity contribution in [3.8, 4) is 0 Å². The van der Waals surface area contributed by atoms with E-state index in [1.165, 1.54) is 56.1 Å². The molecule has 2 fully saturated rings. The molecule has 2 aromatic rings. The molecule has 35 heavy (non-hydrogen) atoms. The zero-order valence-electron chi connectivity index (χ0n) is 22.1. The van der Waals surface area contributed by atoms with Crippen LogP contribution in [0.2, 0.25) is 0 Å². The van der Waals surface area contributed by atoms with Gasteiger partial charge in [0, 0.05) is 0 Å². The molecule has 2 aliphatic rings. The van der Waals surface area contributed by atoms with Crippen LogP contribution in [0.5, 0.6) is 0 Å². The normalized spacial score (nSPS) is 25.0. The van der Waals surface area contributed by atoms with Crippen LogP contribution in [0, 0.1) is 23.5 Å². The topological polar surface area (TPSA) is 0 Å². The molecule has 0 amide bonds. The molecular weight excluding hydrogens is 434 g/mol. The summed E-state index contributed by atoms with van der Waals surface area (Å²) < 4.78 is 30.2. The smallest absolute Gasteiger partial charge is 0.162 e. The van der Waals surface area contributed by atoms with Gasteiger partial charge in [-0.05, 0) is 117 Å². The molecule has 0 spiro atoms. The SMILES string of the molecule is CCCc1ccc(CCCCC2CCC(c3ccc(C4CCC(CC)CC4)c(F)c3F)CC2)cc1. The van der Waals surface area contributed by atoms with Gasteiger partial charge in [0.25, 0.3) is 0 Å². The Morgan fingerprint density at radius 2 is 1.09 bits per heavy atom. The van der Waals surface area contributed by atoms with E-state index in [4.69, 9.17) is 0 Å². The summed E-state index contributed by atoms with van der Waals surface area (Å²) in [7, 11) is 0. The first-order valence-electron chi connectivity index (χ1n) is 14.6. The number of halogens is 2. The van der Waals surface area contributed by atoms with E-state index in [9.17, 15) is 0 Å². The van der Waals surface area contributed by atoms with Crippen LogP contribution in [0.3, 0.4) is 0 Å². The maximum Gasteiger partial charge on any atom is 0.162 e. The summed E-state index contributed by atoms with van der Waals surface area (Å²) >= 11 is 0. The monoisotopic (exact) mass is 480 g/mol. The average Bonchev–Trinajstić information content (AvgIpc) is 2.90. The van der Waals surface area contributed by atoms with E-state index >= 15 is 8.78 Å². The predicted octanol–water partition coefficient (Wildman–Crippen LogP) is 10.3. The fourth-order valence-corrected chi connectivity index (χ4v) is 6.78. The van der Waals surface area contributed by atoms with Crippen molar-refractivity contribution < 1.29 is 8.78 Å². The molecule has 4 rings (SSSR count). The summed E-state index contributed by atoms with van der Waals surface area (Å²) in [6, 6.07) is 13.0. The first-order valence-corrected chi connectivity index (χ1v) is 14.6. The Hall–Kier alpha value is -1.70. The van der Waals surface area contributed by atoms with Gasteiger partial charge in [-0.1, -0.05) is 75.9 Å². The summed E-state index contributed by atoms with van der Waals surface area (Å²) in [5, 5.41) is 0. The third-order valence-corrected chi connectivity index (χ3v) is 9.18. The van der Waals surface area contributed by atoms with Crippen LogP contribution >= 0.6 is 0 Å². The largest absolute Gasteiger partial charge is 0.203 e. The average molecular weight is 481 g/mol. The maximum atomic E-state index is 15.1. The molecule has 2 aliphatic carbocycles. The first-order chi connectivity index (χ1) is 17.1. The van der Waals surface area contributed by atoms with Crippen LogP contribution in [-0.2, 0) is 12.8 Å². The second kappa shape index (κ2) is 13.0. The Morgan fingerprint density at radius 1 is 0.600 bits per heavy atom. The number of hydrogen-bond donors (Lipinski definition) is 0. The van der Waals surface area contributed by atoms with Gasteiger partial charge in [0.15, 0.2) is 11.6 Å². The van der Waals surface area contributed by atoms with E-state index in [2.05, 4.69) is 38.1 Å². The van der Waals surface area contributed by atoms with E-state index in [1.807, 2.05) is 12.1 Å². The minimum absolute atomic E-state index is 0.187. The third kappa shape index (κ3) is 6.95. The molecule has 2 saturated carbocycles. The minimum atomic E-state index is -0.549. The highest BCUT2D eigenvalue weighted by molar-refractivity contribution is 5.32. The Morgan fingerprint density at radius 3 is 1.57 bits per heavy atom. The lowest BCUT2D eigenvalue weighted by Gasteiger charge is -2.31. The number of rotatable bonds is 10. The van der Waals surface area contributed by atoms with Crippen molar-refractivity contribution in [2.45, 2.75) is 122 Å². The van der Waals surface area contributed by atoms with Crippen molar-refractivity contribution in [1.29, 1.82) is 0 Å². The zero-order chi connectivity index (χ0) is 24.6. The van der Waals surface area contributed by atoms with Gasteiger partial charge in [0.05, 0.1) is 0 Å². The van der Waals surface area contributed by atoms with Crippen molar-refractivity contribution in [3.63, 3.8) is 0 Å². The van der Waals surface area contributed by atoms with Gasteiger partial charge >= 0.3 is 0 Å². The molecule has 0 bridgehead atoms. The Balaban J connectivity index is 1.21. The van der Waals surface area contributed by atoms with Gasteiger partial charge in [0.2, 0.25) is 0 Å². The minimum Gasteiger partial charge on any atom is -0.203 e. The molecule has 0 nitrogen and oxygen atoms in total. The molecule has 2 aromatic carbocycles. The van der Waals surface area contributed by atoms with Gasteiger partial charge in [-0.25, -0.2) is 8.78 Å². The molecule has 0 radical (unpaired) electrons. The van der Waals surface area contributed by atoms with Gasteiger partial charge in [-0.3, -0.25) is 0 Å². The molecule has 0 aliphatic heterocycles. The van der Waals surface area contributed by atoms with Crippen LogP contribution < -0.4 is 0 Å². The van der Waals surface area contributed by atoms with Crippen molar-refractivity contribution in [2.24, 2.45) is 11.8 Å². The molecule has 192 valence electrons. The summed E-state index contributed by atoms with van der Waals surface area (Å²) in [6.45, 7) is 4.47. The Bertz CT molecular complexity index is 899. The van der Waals surface area contributed by atoms with E-state index in [0.29, 0.717) is 11.1 Å². The fraction of sp³-hybridized carbons (Fsp3) is 0.636. The Kier molecular flexibility index (Phi) is 9.81. The van der Waals surface area contributed by atoms with Gasteiger partial charge < -0.3 is 0 Å². The maximum absolute atomic E-state index is 15.1. The molecule has 0 unspecified atom stereocenters. The van der Waals surface area contributed by atoms with E-state index in [1.54, 1.807) is 0 Å². The first kappa shape index (κ1) is 26.4. The van der Waals surface area contributed by atoms with Crippen molar-refractivity contribution in [1.82, 2.24) is 0 Å². The lowest BCUT2D eigenvalue weighted by Crippen LogP contribution is -2.17. The fourth-order valence-electron chi connectivity index (χ4n) is 6.78. The lowest BCUT2D eigenvalue weighted by molar-refractivity contribution is 0.296. The summed E-state index contributed by atoms with van der Waals surface area (Å²) in [6.07, 6.45) is 17.2. The van der Waals surface area contributed by atoms with Crippen LogP contribution in [-0.4, -0.2) is 0 Å². The number of aryl methyl sites for hydroxylation is 2. The van der Waals surface area contributed by atoms with Gasteiger partial charge in [-0.2, -0.15) is 0 Å². The molecular formula is C33H46F2. The Labute approximate surface area is 212 Å². The quantitative estimate of drug-likeness (QED) is 0.297. The van der Waals surface area contributed by atoms with Gasteiger partial charge in [0.1, 0.15) is 0 Å². The molecule has 0 heterocycles. The van der Waals surface area contributed by atoms with E-state index in [0.717, 1.165) is 63.2 Å². The number of hydrogen-bond acceptors (Lipinski definition) is 0. The summed E-state index contributed by atoms with van der Waals surface area (Å²) in [4.78, 5) is 0. The van der Waals surface area contributed by atoms with Crippen LogP contribution in [0.25, 0.3) is 0 Å². The molecule has 2 heteroatoms. The van der Waals surface area contributed by atoms with E-state index in [-0.39, 0.29) is 11.8 Å². The molecule has 0 aromatic heterocycles. The second-order valence-electron chi connectivity index (χ2n) is 11.5. The van der Waals surface area contributed by atoms with Gasteiger partial charge in [-0.15, -0.1) is 0 Å². The molecule has 0 N–H and O–H groups in total. The highest BCUT2D eigenvalue weighted by Crippen LogP contribution is 2.42. The van der Waals surface area contributed by atoms with Crippen molar-refractivity contribution >= 4 is 0 Å². The summed E-state index contributed by atoms with van der Waals surface area (Å²) in [5.41, 5.74) is 4.17. The van der Waals surface area contributed by atoms with Crippen molar-refractivity contribution in [2.75, 3.05) is 0 Å². The van der Waals surface area contributed by atoms with Crippen molar-refractivity contribution in [3.05, 3.63) is 70.3 Å². The second-order valence-corrected chi connectivity index (χ2v) is 11.5. The summed E-state index contributed by atoms with van der Waals surface area (Å²) in [5.74, 6) is 0.810. The predicted molar refractivity (Wildman–Crippen MR) is 144 cm³/mol. The third-order valence-electron chi connectivity index (χ3n) is 9.18. The highest BCUT2D eigenvalue weighted by Gasteiger charge is 2.29. The van der Waals surface area contributed by atoms with E-state index < -0.39 is 11.6 Å². The highest BCUT2D eigenvalue weighted by atomic mass is 19.2. The zero-order valence-corrected chi connectivity index (χ0v) is 22.1. The van der Waals surface area contributed by atoms with Crippen LogP contribution in [0.4, 0.5) is 8.78 Å². The standard InChI is InChI=1S/C33H46F2/c1-3-7-25-10-12-26(13-11-25)8-5-6-9-27-16-20-29(21-17-27)31-23-22-30(32(34)33(31)35)28-18-14-24(4-2)15-19-28/h10-13,22-24,27-29H,3-9,14-21H2,1-2H3. The number of benzene rings is 2.